The Morgan fingerprint density at radius 1 is 1.59 bits per heavy atom. The molecular formula is C10H19O6P. The maximum absolute atomic E-state index is 10.9. The van der Waals surface area contributed by atoms with Crippen LogP contribution >= 0.6 is 8.81 Å². The highest BCUT2D eigenvalue weighted by atomic mass is 31.1. The topological polar surface area (TPSA) is 74.2 Å². The monoisotopic (exact) mass is 266 g/mol. The van der Waals surface area contributed by atoms with Crippen LogP contribution in [0.25, 0.3) is 0 Å². The van der Waals surface area contributed by atoms with Gasteiger partial charge in [0, 0.05) is 12.7 Å². The fourth-order valence-electron chi connectivity index (χ4n) is 0.977. The summed E-state index contributed by atoms with van der Waals surface area (Å²) in [6, 6.07) is 0. The molecule has 0 heterocycles. The third kappa shape index (κ3) is 10.4. The summed E-state index contributed by atoms with van der Waals surface area (Å²) in [6.07, 6.45) is 3.12. The Hall–Kier alpha value is -0.520. The van der Waals surface area contributed by atoms with Gasteiger partial charge in [-0.25, -0.2) is 10.1 Å². The lowest BCUT2D eigenvalue weighted by Gasteiger charge is -2.15. The van der Waals surface area contributed by atoms with E-state index in [9.17, 15) is 4.79 Å². The van der Waals surface area contributed by atoms with Crippen LogP contribution in [0.3, 0.4) is 0 Å². The van der Waals surface area contributed by atoms with Gasteiger partial charge in [0.2, 0.25) is 0 Å². The summed E-state index contributed by atoms with van der Waals surface area (Å²) < 4.78 is 14.7. The van der Waals surface area contributed by atoms with Crippen LogP contribution < -0.4 is 0 Å². The highest BCUT2D eigenvalue weighted by molar-refractivity contribution is 7.32. The van der Waals surface area contributed by atoms with E-state index in [2.05, 4.69) is 16.3 Å². The van der Waals surface area contributed by atoms with Crippen LogP contribution in [-0.2, 0) is 24.0 Å². The molecule has 0 aliphatic heterocycles. The molecule has 0 fully saturated rings. The number of carbonyl (C=O) groups is 1. The van der Waals surface area contributed by atoms with Crippen molar-refractivity contribution in [3.8, 4) is 0 Å². The minimum atomic E-state index is -0.435. The first kappa shape index (κ1) is 16.5. The molecule has 6 nitrogen and oxygen atoms in total. The number of rotatable bonds is 11. The van der Waals surface area contributed by atoms with Crippen LogP contribution in [-0.4, -0.2) is 36.7 Å². The Morgan fingerprint density at radius 2 is 2.35 bits per heavy atom. The van der Waals surface area contributed by atoms with Crippen LogP contribution in [0.2, 0.25) is 0 Å². The largest absolute Gasteiger partial charge is 0.457 e. The Kier molecular flexibility index (Phi) is 11.6. The van der Waals surface area contributed by atoms with Crippen molar-refractivity contribution in [3.63, 3.8) is 0 Å². The molecule has 0 rings (SSSR count). The van der Waals surface area contributed by atoms with Gasteiger partial charge in [0.1, 0.15) is 6.10 Å². The second kappa shape index (κ2) is 12.0. The Labute approximate surface area is 103 Å². The van der Waals surface area contributed by atoms with E-state index in [1.54, 1.807) is 0 Å². The second-order valence-corrected chi connectivity index (χ2v) is 4.11. The Balaban J connectivity index is 3.43. The molecule has 0 aliphatic rings. The van der Waals surface area contributed by atoms with Crippen molar-refractivity contribution < 1.29 is 29.2 Å². The molecule has 0 saturated heterocycles. The van der Waals surface area contributed by atoms with Gasteiger partial charge < -0.3 is 9.47 Å². The molecule has 1 N–H and O–H groups in total. The van der Waals surface area contributed by atoms with Crippen LogP contribution in [0.15, 0.2) is 12.7 Å². The third-order valence-corrected chi connectivity index (χ3v) is 2.62. The molecule has 17 heavy (non-hydrogen) atoms. The van der Waals surface area contributed by atoms with E-state index in [-0.39, 0.29) is 14.9 Å². The lowest BCUT2D eigenvalue weighted by Crippen LogP contribution is -2.22. The summed E-state index contributed by atoms with van der Waals surface area (Å²) in [4.78, 5) is 10.9. The zero-order chi connectivity index (χ0) is 12.9. The average Bonchev–Trinajstić information content (AvgIpc) is 2.35. The first-order valence-corrected chi connectivity index (χ1v) is 6.46. The fraction of sp³-hybridized carbons (Fsp3) is 0.700. The van der Waals surface area contributed by atoms with Crippen molar-refractivity contribution in [2.75, 3.05) is 19.4 Å². The van der Waals surface area contributed by atoms with Crippen LogP contribution in [0.1, 0.15) is 19.8 Å². The molecule has 2 atom stereocenters. The lowest BCUT2D eigenvalue weighted by atomic mass is 10.3. The summed E-state index contributed by atoms with van der Waals surface area (Å²) in [6.45, 7) is 6.16. The van der Waals surface area contributed by atoms with Crippen molar-refractivity contribution >= 4 is 14.8 Å². The van der Waals surface area contributed by atoms with E-state index in [0.717, 1.165) is 18.7 Å². The van der Waals surface area contributed by atoms with Crippen LogP contribution in [0.5, 0.6) is 0 Å². The van der Waals surface area contributed by atoms with Crippen molar-refractivity contribution in [2.24, 2.45) is 0 Å². The van der Waals surface area contributed by atoms with Crippen molar-refractivity contribution in [3.05, 3.63) is 12.7 Å². The van der Waals surface area contributed by atoms with E-state index in [1.165, 1.54) is 0 Å². The standard InChI is InChI=1S/C10H19O6P/c1-3-9(14-10(11)4-2)8-13-6-5-7-17-16-15-12/h4,9,12,17H,2-3,5-8H2,1H3. The van der Waals surface area contributed by atoms with Crippen molar-refractivity contribution in [1.29, 1.82) is 0 Å². The summed E-state index contributed by atoms with van der Waals surface area (Å²) in [7, 11) is 0.0837. The molecule has 0 radical (unpaired) electrons. The second-order valence-electron chi connectivity index (χ2n) is 3.15. The van der Waals surface area contributed by atoms with E-state index < -0.39 is 5.97 Å². The molecular weight excluding hydrogens is 247 g/mol. The van der Waals surface area contributed by atoms with Gasteiger partial charge in [0.15, 0.2) is 0 Å². The smallest absolute Gasteiger partial charge is 0.330 e. The quantitative estimate of drug-likeness (QED) is 0.154. The van der Waals surface area contributed by atoms with Gasteiger partial charge in [-0.05, 0) is 19.0 Å². The molecule has 7 heteroatoms. The number of carbonyl (C=O) groups excluding carboxylic acids is 1. The number of ether oxygens (including phenoxy) is 2. The minimum absolute atomic E-state index is 0.0837. The van der Waals surface area contributed by atoms with Gasteiger partial charge in [0.05, 0.1) is 15.4 Å². The molecule has 0 spiro atoms. The van der Waals surface area contributed by atoms with Gasteiger partial charge in [-0.3, -0.25) is 0 Å². The Morgan fingerprint density at radius 3 is 2.94 bits per heavy atom. The van der Waals surface area contributed by atoms with Gasteiger partial charge in [-0.2, -0.15) is 4.67 Å². The predicted molar refractivity (Wildman–Crippen MR) is 63.8 cm³/mol. The zero-order valence-corrected chi connectivity index (χ0v) is 10.9. The average molecular weight is 266 g/mol. The van der Waals surface area contributed by atoms with Gasteiger partial charge in [-0.1, -0.05) is 18.5 Å². The molecule has 0 aromatic carbocycles. The van der Waals surface area contributed by atoms with Crippen molar-refractivity contribution in [2.45, 2.75) is 25.9 Å². The van der Waals surface area contributed by atoms with Gasteiger partial charge in [0.25, 0.3) is 0 Å². The van der Waals surface area contributed by atoms with E-state index >= 15 is 0 Å². The summed E-state index contributed by atoms with van der Waals surface area (Å²) in [5.41, 5.74) is 0. The third-order valence-electron chi connectivity index (χ3n) is 1.87. The Bertz CT molecular complexity index is 211. The first-order chi connectivity index (χ1) is 8.24. The summed E-state index contributed by atoms with van der Waals surface area (Å²) >= 11 is 0. The predicted octanol–water partition coefficient (Wildman–Crippen LogP) is 1.92. The molecule has 0 bridgehead atoms. The first-order valence-electron chi connectivity index (χ1n) is 5.35. The van der Waals surface area contributed by atoms with Crippen molar-refractivity contribution in [1.82, 2.24) is 0 Å². The van der Waals surface area contributed by atoms with Crippen LogP contribution in [0, 0.1) is 0 Å². The molecule has 0 aromatic rings. The van der Waals surface area contributed by atoms with E-state index in [4.69, 9.17) is 14.7 Å². The molecule has 2 unspecified atom stereocenters. The number of hydrogen-bond acceptors (Lipinski definition) is 6. The minimum Gasteiger partial charge on any atom is -0.457 e. The SMILES string of the molecule is C=CC(=O)OC(CC)COCCCPOOO. The lowest BCUT2D eigenvalue weighted by molar-refractivity contribution is -0.435. The normalized spacial score (nSPS) is 12.8. The van der Waals surface area contributed by atoms with Crippen LogP contribution in [0.4, 0.5) is 0 Å². The highest BCUT2D eigenvalue weighted by Crippen LogP contribution is 2.12. The highest BCUT2D eigenvalue weighted by Gasteiger charge is 2.10. The van der Waals surface area contributed by atoms with E-state index in [1.807, 2.05) is 6.92 Å². The van der Waals surface area contributed by atoms with E-state index in [0.29, 0.717) is 19.6 Å². The summed E-state index contributed by atoms with van der Waals surface area (Å²) in [5.74, 6) is -0.435. The van der Waals surface area contributed by atoms with Gasteiger partial charge in [-0.15, -0.1) is 0 Å². The molecule has 0 saturated carbocycles. The summed E-state index contributed by atoms with van der Waals surface area (Å²) in [5, 5.41) is 11.3. The maximum atomic E-state index is 10.9. The number of esters is 1. The van der Waals surface area contributed by atoms with Gasteiger partial charge >= 0.3 is 5.97 Å². The molecule has 100 valence electrons. The molecule has 0 aliphatic carbocycles. The number of hydrogen-bond donors (Lipinski definition) is 1. The molecule has 0 aromatic heterocycles. The zero-order valence-electron chi connectivity index (χ0n) is 9.89. The molecule has 0 amide bonds. The maximum Gasteiger partial charge on any atom is 0.330 e. The fourth-order valence-corrected chi connectivity index (χ4v) is 1.40.